The van der Waals surface area contributed by atoms with Gasteiger partial charge in [-0.05, 0) is 34.0 Å². The molecule has 0 saturated carbocycles. The lowest BCUT2D eigenvalue weighted by atomic mass is 10.3. The molecule has 1 aromatic heterocycles. The summed E-state index contributed by atoms with van der Waals surface area (Å²) in [5.41, 5.74) is 0.167. The van der Waals surface area contributed by atoms with E-state index in [1.807, 2.05) is 0 Å². The van der Waals surface area contributed by atoms with Crippen LogP contribution >= 0.6 is 15.9 Å². The van der Waals surface area contributed by atoms with Gasteiger partial charge >= 0.3 is 5.97 Å². The molecule has 0 spiro atoms. The summed E-state index contributed by atoms with van der Waals surface area (Å²) < 4.78 is 0.537. The molecule has 2 N–H and O–H groups in total. The zero-order valence-electron chi connectivity index (χ0n) is 6.99. The normalized spacial score (nSPS) is 8.93. The number of carboxylic acids is 1. The molecule has 1 rings (SSSR count). The minimum atomic E-state index is -1.01. The molecule has 14 heavy (non-hydrogen) atoms. The van der Waals surface area contributed by atoms with E-state index in [2.05, 4.69) is 32.8 Å². The van der Waals surface area contributed by atoms with Crippen molar-refractivity contribution in [2.45, 2.75) is 6.42 Å². The highest BCUT2D eigenvalue weighted by molar-refractivity contribution is 9.10. The quantitative estimate of drug-likeness (QED) is 0.588. The first-order chi connectivity index (χ1) is 6.59. The first kappa shape index (κ1) is 10.5. The number of hydrogen-bond acceptors (Lipinski definition) is 3. The van der Waals surface area contributed by atoms with Crippen molar-refractivity contribution in [1.29, 1.82) is 0 Å². The largest absolute Gasteiger partial charge is 0.505 e. The van der Waals surface area contributed by atoms with Crippen molar-refractivity contribution in [2.75, 3.05) is 0 Å². The molecule has 0 amide bonds. The van der Waals surface area contributed by atoms with E-state index >= 15 is 0 Å². The Morgan fingerprint density at radius 2 is 2.29 bits per heavy atom. The number of halogens is 1. The van der Waals surface area contributed by atoms with Gasteiger partial charge in [0.05, 0.1) is 0 Å². The number of aromatic hydroxyl groups is 1. The summed E-state index contributed by atoms with van der Waals surface area (Å²) in [6.07, 6.45) is -0.270. The monoisotopic (exact) mass is 255 g/mol. The topological polar surface area (TPSA) is 70.4 Å². The number of carboxylic acid groups (broad SMARTS) is 1. The Morgan fingerprint density at radius 1 is 1.57 bits per heavy atom. The summed E-state index contributed by atoms with van der Waals surface area (Å²) in [4.78, 5) is 14.0. The Bertz CT molecular complexity index is 420. The van der Waals surface area contributed by atoms with Crippen LogP contribution in [-0.4, -0.2) is 21.2 Å². The third-order valence-electron chi connectivity index (χ3n) is 1.29. The molecule has 0 fully saturated rings. The molecule has 4 nitrogen and oxygen atoms in total. The third-order valence-corrected chi connectivity index (χ3v) is 1.73. The van der Waals surface area contributed by atoms with E-state index in [0.717, 1.165) is 0 Å². The van der Waals surface area contributed by atoms with Crippen LogP contribution in [0, 0.1) is 11.8 Å². The average molecular weight is 256 g/mol. The minimum absolute atomic E-state index is 0.0638. The number of rotatable bonds is 1. The maximum Gasteiger partial charge on any atom is 0.315 e. The lowest BCUT2D eigenvalue weighted by Gasteiger charge is -1.95. The van der Waals surface area contributed by atoms with Crippen LogP contribution in [0.25, 0.3) is 0 Å². The molecule has 0 atom stereocenters. The van der Waals surface area contributed by atoms with E-state index in [9.17, 15) is 9.90 Å². The Balaban J connectivity index is 2.88. The fraction of sp³-hybridized carbons (Fsp3) is 0.111. The Morgan fingerprint density at radius 3 is 2.93 bits per heavy atom. The Hall–Kier alpha value is -1.54. The maximum atomic E-state index is 10.1. The molecule has 1 heterocycles. The number of aliphatic carboxylic acids is 1. The third kappa shape index (κ3) is 3.07. The molecule has 0 unspecified atom stereocenters. The highest BCUT2D eigenvalue weighted by Gasteiger charge is 1.99. The van der Waals surface area contributed by atoms with E-state index in [-0.39, 0.29) is 17.9 Å². The van der Waals surface area contributed by atoms with Gasteiger partial charge in [-0.2, -0.15) is 0 Å². The van der Waals surface area contributed by atoms with Gasteiger partial charge in [0.25, 0.3) is 0 Å². The van der Waals surface area contributed by atoms with Gasteiger partial charge in [0.2, 0.25) is 0 Å². The van der Waals surface area contributed by atoms with Crippen LogP contribution in [0.4, 0.5) is 0 Å². The van der Waals surface area contributed by atoms with Gasteiger partial charge in [0.1, 0.15) is 16.8 Å². The van der Waals surface area contributed by atoms with E-state index in [1.165, 1.54) is 6.07 Å². The van der Waals surface area contributed by atoms with Crippen molar-refractivity contribution in [1.82, 2.24) is 4.98 Å². The summed E-state index contributed by atoms with van der Waals surface area (Å²) in [5.74, 6) is 3.77. The first-order valence-electron chi connectivity index (χ1n) is 3.66. The molecule has 0 bridgehead atoms. The van der Waals surface area contributed by atoms with Gasteiger partial charge in [-0.3, -0.25) is 4.79 Å². The summed E-state index contributed by atoms with van der Waals surface area (Å²) in [5, 5.41) is 17.6. The molecule has 0 aliphatic carbocycles. The van der Waals surface area contributed by atoms with Crippen molar-refractivity contribution in [2.24, 2.45) is 0 Å². The number of carbonyl (C=O) groups is 1. The standard InChI is InChI=1S/C9H6BrNO3/c10-8-5-4-7(12)6(11-8)2-1-3-9(13)14/h4-5,12H,3H2,(H,13,14). The lowest BCUT2D eigenvalue weighted by molar-refractivity contribution is -0.135. The predicted octanol–water partition coefficient (Wildman–Crippen LogP) is 1.38. The molecule has 1 aromatic rings. The van der Waals surface area contributed by atoms with Gasteiger partial charge in [-0.15, -0.1) is 0 Å². The van der Waals surface area contributed by atoms with Crippen LogP contribution in [0.2, 0.25) is 0 Å². The van der Waals surface area contributed by atoms with Gasteiger partial charge in [0, 0.05) is 0 Å². The smallest absolute Gasteiger partial charge is 0.315 e. The average Bonchev–Trinajstić information content (AvgIpc) is 2.10. The second-order valence-corrected chi connectivity index (χ2v) is 3.19. The molecule has 0 aliphatic rings. The van der Waals surface area contributed by atoms with Gasteiger partial charge in [-0.1, -0.05) is 5.92 Å². The van der Waals surface area contributed by atoms with E-state index in [4.69, 9.17) is 5.11 Å². The van der Waals surface area contributed by atoms with Crippen molar-refractivity contribution < 1.29 is 15.0 Å². The summed E-state index contributed by atoms with van der Waals surface area (Å²) in [6.45, 7) is 0. The Kier molecular flexibility index (Phi) is 3.48. The molecule has 0 radical (unpaired) electrons. The van der Waals surface area contributed by atoms with Crippen molar-refractivity contribution in [3.05, 3.63) is 22.4 Å². The molecular formula is C9H6BrNO3. The van der Waals surface area contributed by atoms with E-state index in [0.29, 0.717) is 4.60 Å². The van der Waals surface area contributed by atoms with Crippen LogP contribution in [0.3, 0.4) is 0 Å². The summed E-state index contributed by atoms with van der Waals surface area (Å²) in [7, 11) is 0. The molecule has 0 aliphatic heterocycles. The van der Waals surface area contributed by atoms with Crippen molar-refractivity contribution in [3.8, 4) is 17.6 Å². The molecule has 0 aromatic carbocycles. The van der Waals surface area contributed by atoms with Gasteiger partial charge in [0.15, 0.2) is 5.69 Å². The molecular weight excluding hydrogens is 250 g/mol. The van der Waals surface area contributed by atoms with Gasteiger partial charge in [-0.25, -0.2) is 4.98 Å². The maximum absolute atomic E-state index is 10.1. The SMILES string of the molecule is O=C(O)CC#Cc1nc(Br)ccc1O. The van der Waals surface area contributed by atoms with E-state index < -0.39 is 5.97 Å². The predicted molar refractivity (Wildman–Crippen MR) is 52.7 cm³/mol. The fourth-order valence-electron chi connectivity index (χ4n) is 0.723. The van der Waals surface area contributed by atoms with E-state index in [1.54, 1.807) is 6.07 Å². The molecule has 0 saturated heterocycles. The minimum Gasteiger partial charge on any atom is -0.505 e. The lowest BCUT2D eigenvalue weighted by Crippen LogP contribution is -1.91. The second kappa shape index (κ2) is 4.63. The molecule has 72 valence electrons. The fourth-order valence-corrected chi connectivity index (χ4v) is 1.03. The van der Waals surface area contributed by atoms with Crippen LogP contribution in [-0.2, 0) is 4.79 Å². The zero-order chi connectivity index (χ0) is 10.6. The van der Waals surface area contributed by atoms with Crippen LogP contribution in [0.5, 0.6) is 5.75 Å². The highest BCUT2D eigenvalue weighted by atomic mass is 79.9. The van der Waals surface area contributed by atoms with Crippen molar-refractivity contribution >= 4 is 21.9 Å². The summed E-state index contributed by atoms with van der Waals surface area (Å²) >= 11 is 3.11. The number of nitrogens with zero attached hydrogens (tertiary/aromatic N) is 1. The second-order valence-electron chi connectivity index (χ2n) is 2.37. The van der Waals surface area contributed by atoms with Crippen LogP contribution < -0.4 is 0 Å². The van der Waals surface area contributed by atoms with Crippen molar-refractivity contribution in [3.63, 3.8) is 0 Å². The van der Waals surface area contributed by atoms with Crippen LogP contribution in [0.1, 0.15) is 12.1 Å². The number of pyridine rings is 1. The molecule has 5 heteroatoms. The highest BCUT2D eigenvalue weighted by Crippen LogP contribution is 2.16. The Labute approximate surface area is 88.7 Å². The number of aromatic nitrogens is 1. The van der Waals surface area contributed by atoms with Crippen LogP contribution in [0.15, 0.2) is 16.7 Å². The first-order valence-corrected chi connectivity index (χ1v) is 4.45. The summed E-state index contributed by atoms with van der Waals surface area (Å²) in [6, 6.07) is 3.00. The zero-order valence-corrected chi connectivity index (χ0v) is 8.58. The number of hydrogen-bond donors (Lipinski definition) is 2. The van der Waals surface area contributed by atoms with Gasteiger partial charge < -0.3 is 10.2 Å².